The molecule has 0 aliphatic heterocycles. The molecule has 0 heterocycles. The van der Waals surface area contributed by atoms with E-state index in [0.717, 1.165) is 0 Å². The minimum atomic E-state index is -2.71. The standard InChI is InChI=1S/C2H7NO3.Na.H/c1-3-2(4,5)6;;/h3-6H,1H3;;. The molecule has 0 saturated carbocycles. The van der Waals surface area contributed by atoms with Crippen LogP contribution in [0.4, 0.5) is 0 Å². The van der Waals surface area contributed by atoms with Crippen LogP contribution >= 0.6 is 0 Å². The Morgan fingerprint density at radius 1 is 1.29 bits per heavy atom. The van der Waals surface area contributed by atoms with E-state index in [1.165, 1.54) is 7.05 Å². The van der Waals surface area contributed by atoms with Crippen molar-refractivity contribution in [1.29, 1.82) is 0 Å². The summed E-state index contributed by atoms with van der Waals surface area (Å²) in [7, 11) is 1.21. The molecule has 0 radical (unpaired) electrons. The van der Waals surface area contributed by atoms with Gasteiger partial charge in [-0.3, -0.25) is 0 Å². The summed E-state index contributed by atoms with van der Waals surface area (Å²) in [6.07, 6.45) is -2.71. The third-order valence-electron chi connectivity index (χ3n) is 0.335. The molecule has 0 bridgehead atoms. The van der Waals surface area contributed by atoms with Crippen molar-refractivity contribution in [3.63, 3.8) is 0 Å². The van der Waals surface area contributed by atoms with E-state index in [1.54, 1.807) is 5.32 Å². The first-order chi connectivity index (χ1) is 2.56. The van der Waals surface area contributed by atoms with Gasteiger partial charge < -0.3 is 15.3 Å². The number of aliphatic hydroxyl groups is 3. The first kappa shape index (κ1) is 10.8. The Morgan fingerprint density at radius 2 is 1.43 bits per heavy atom. The van der Waals surface area contributed by atoms with Crippen molar-refractivity contribution < 1.29 is 15.3 Å². The Balaban J connectivity index is 0. The summed E-state index contributed by atoms with van der Waals surface area (Å²) in [5.41, 5.74) is 0. The minimum absolute atomic E-state index is 0. The van der Waals surface area contributed by atoms with Crippen molar-refractivity contribution in [1.82, 2.24) is 5.32 Å². The fourth-order valence-electron chi connectivity index (χ4n) is 0. The van der Waals surface area contributed by atoms with Gasteiger partial charge in [0.15, 0.2) is 0 Å². The van der Waals surface area contributed by atoms with Crippen LogP contribution in [0.2, 0.25) is 0 Å². The van der Waals surface area contributed by atoms with Crippen LogP contribution in [0.3, 0.4) is 0 Å². The summed E-state index contributed by atoms with van der Waals surface area (Å²) in [6, 6.07) is 0. The molecule has 0 aliphatic rings. The molecule has 0 aromatic carbocycles. The normalized spacial score (nSPS) is 10.3. The molecule has 5 heteroatoms. The van der Waals surface area contributed by atoms with Crippen LogP contribution in [-0.2, 0) is 0 Å². The maximum atomic E-state index is 7.83. The molecule has 4 N–H and O–H groups in total. The van der Waals surface area contributed by atoms with Crippen molar-refractivity contribution in [3.05, 3.63) is 0 Å². The molecule has 0 aromatic heterocycles. The topological polar surface area (TPSA) is 72.7 Å². The van der Waals surface area contributed by atoms with Gasteiger partial charge in [0.2, 0.25) is 0 Å². The van der Waals surface area contributed by atoms with E-state index in [-0.39, 0.29) is 29.6 Å². The van der Waals surface area contributed by atoms with Gasteiger partial charge in [-0.25, -0.2) is 5.32 Å². The van der Waals surface area contributed by atoms with Gasteiger partial charge in [-0.1, -0.05) is 0 Å². The molecule has 0 atom stereocenters. The predicted molar refractivity (Wildman–Crippen MR) is 25.6 cm³/mol. The van der Waals surface area contributed by atoms with Gasteiger partial charge in [-0.15, -0.1) is 0 Å². The van der Waals surface area contributed by atoms with Gasteiger partial charge in [0.05, 0.1) is 0 Å². The second-order valence-corrected chi connectivity index (χ2v) is 0.885. The summed E-state index contributed by atoms with van der Waals surface area (Å²) in [6.45, 7) is 0. The van der Waals surface area contributed by atoms with Crippen molar-refractivity contribution in [2.45, 2.75) is 6.10 Å². The Kier molecular flexibility index (Phi) is 5.83. The van der Waals surface area contributed by atoms with Crippen molar-refractivity contribution in [2.75, 3.05) is 7.05 Å². The van der Waals surface area contributed by atoms with E-state index in [1.807, 2.05) is 0 Å². The zero-order valence-electron chi connectivity index (χ0n) is 3.34. The van der Waals surface area contributed by atoms with Crippen LogP contribution in [0.1, 0.15) is 0 Å². The van der Waals surface area contributed by atoms with Gasteiger partial charge in [0, 0.05) is 0 Å². The van der Waals surface area contributed by atoms with E-state index in [0.29, 0.717) is 0 Å². The Bertz CT molecular complexity index is 42.7. The van der Waals surface area contributed by atoms with E-state index < -0.39 is 6.10 Å². The van der Waals surface area contributed by atoms with Crippen molar-refractivity contribution >= 4 is 29.6 Å². The number of hydrogen-bond acceptors (Lipinski definition) is 4. The van der Waals surface area contributed by atoms with E-state index in [4.69, 9.17) is 15.3 Å². The van der Waals surface area contributed by atoms with Crippen LogP contribution in [0.15, 0.2) is 0 Å². The fraction of sp³-hybridized carbons (Fsp3) is 1.00. The molecule has 0 rings (SSSR count). The summed E-state index contributed by atoms with van der Waals surface area (Å²) >= 11 is 0. The molecule has 0 amide bonds. The number of rotatable bonds is 1. The average molecular weight is 117 g/mol. The van der Waals surface area contributed by atoms with Crippen molar-refractivity contribution in [3.8, 4) is 0 Å². The molecule has 0 aliphatic carbocycles. The van der Waals surface area contributed by atoms with E-state index in [9.17, 15) is 0 Å². The number of nitrogens with one attached hydrogen (secondary N) is 1. The summed E-state index contributed by atoms with van der Waals surface area (Å²) in [5.74, 6) is 0. The molecular weight excluding hydrogens is 109 g/mol. The monoisotopic (exact) mass is 117 g/mol. The van der Waals surface area contributed by atoms with Crippen LogP contribution < -0.4 is 5.32 Å². The third-order valence-corrected chi connectivity index (χ3v) is 0.335. The van der Waals surface area contributed by atoms with Gasteiger partial charge in [-0.2, -0.15) is 0 Å². The first-order valence-electron chi connectivity index (χ1n) is 1.42. The van der Waals surface area contributed by atoms with Gasteiger partial charge in [0.1, 0.15) is 0 Å². The molecule has 40 valence electrons. The predicted octanol–water partition coefficient (Wildman–Crippen LogP) is -2.85. The zero-order valence-corrected chi connectivity index (χ0v) is 3.34. The Morgan fingerprint density at radius 3 is 1.43 bits per heavy atom. The van der Waals surface area contributed by atoms with Crippen LogP contribution in [0.25, 0.3) is 0 Å². The van der Waals surface area contributed by atoms with Crippen molar-refractivity contribution in [2.24, 2.45) is 0 Å². The third kappa shape index (κ3) is 10.9. The second kappa shape index (κ2) is 3.80. The summed E-state index contributed by atoms with van der Waals surface area (Å²) in [5, 5.41) is 25.3. The first-order valence-corrected chi connectivity index (χ1v) is 1.42. The Hall–Kier alpha value is 0.840. The molecule has 0 saturated heterocycles. The van der Waals surface area contributed by atoms with Crippen LogP contribution in [-0.4, -0.2) is 58.0 Å². The SMILES string of the molecule is CNC(O)(O)O.[NaH]. The molecular formula is C2H8NNaO3. The summed E-state index contributed by atoms with van der Waals surface area (Å²) < 4.78 is 0. The quantitative estimate of drug-likeness (QED) is 0.220. The maximum absolute atomic E-state index is 7.83. The van der Waals surface area contributed by atoms with E-state index in [2.05, 4.69) is 0 Å². The average Bonchev–Trinajstić information content (AvgIpc) is 1.35. The van der Waals surface area contributed by atoms with Crippen LogP contribution in [0.5, 0.6) is 0 Å². The van der Waals surface area contributed by atoms with Gasteiger partial charge >= 0.3 is 35.7 Å². The van der Waals surface area contributed by atoms with Gasteiger partial charge in [0.25, 0.3) is 0 Å². The molecule has 0 fully saturated rings. The van der Waals surface area contributed by atoms with E-state index >= 15 is 0 Å². The van der Waals surface area contributed by atoms with Gasteiger partial charge in [-0.05, 0) is 7.05 Å². The molecule has 0 unspecified atom stereocenters. The summed E-state index contributed by atoms with van der Waals surface area (Å²) in [4.78, 5) is 0. The van der Waals surface area contributed by atoms with Crippen LogP contribution in [0, 0.1) is 0 Å². The fourth-order valence-corrected chi connectivity index (χ4v) is 0. The number of hydrogen-bond donors (Lipinski definition) is 4. The molecule has 7 heavy (non-hydrogen) atoms. The molecule has 0 aromatic rings. The molecule has 4 nitrogen and oxygen atoms in total. The second-order valence-electron chi connectivity index (χ2n) is 0.885. The molecule has 0 spiro atoms. The Labute approximate surface area is 63.5 Å². The zero-order chi connectivity index (χ0) is 5.21.